The first kappa shape index (κ1) is 20.2. The highest BCUT2D eigenvalue weighted by molar-refractivity contribution is 5.89. The summed E-state index contributed by atoms with van der Waals surface area (Å²) >= 11 is 0. The Balaban J connectivity index is 1.81. The van der Waals surface area contributed by atoms with Crippen LogP contribution in [0.4, 0.5) is 5.69 Å². The lowest BCUT2D eigenvalue weighted by atomic mass is 10.1. The Hall–Kier alpha value is -2.16. The van der Waals surface area contributed by atoms with Crippen LogP contribution in [0, 0.1) is 5.41 Å². The number of carbonyl (C=O) groups is 1. The Morgan fingerprint density at radius 3 is 2.88 bits per heavy atom. The molecule has 1 atom stereocenters. The standard InChI is InChI=1S/C18H31N7O/c1-14-11-24(13-17(26)22-7-3-6-19)8-9-25(14)12-15-4-2-5-16(10-15)23-18(20)21/h2,4-5,10,14H,3,6-9,11-13,19H2,1H3,(H,22,26)(H4,20,21,23). The van der Waals surface area contributed by atoms with Gasteiger partial charge in [0.05, 0.1) is 6.54 Å². The Morgan fingerprint density at radius 2 is 2.19 bits per heavy atom. The largest absolute Gasteiger partial charge is 0.370 e. The van der Waals surface area contributed by atoms with Crippen molar-refractivity contribution < 1.29 is 4.79 Å². The van der Waals surface area contributed by atoms with Crippen molar-refractivity contribution in [3.8, 4) is 0 Å². The quantitative estimate of drug-likeness (QED) is 0.252. The normalized spacial score (nSPS) is 18.5. The van der Waals surface area contributed by atoms with Gasteiger partial charge in [0, 0.05) is 44.5 Å². The molecule has 1 aromatic carbocycles. The third-order valence-corrected chi connectivity index (χ3v) is 4.51. The van der Waals surface area contributed by atoms with Crippen molar-refractivity contribution in [3.63, 3.8) is 0 Å². The Bertz CT molecular complexity index is 607. The molecular weight excluding hydrogens is 330 g/mol. The number of nitrogens with zero attached hydrogens (tertiary/aromatic N) is 2. The zero-order chi connectivity index (χ0) is 18.9. The number of carbonyl (C=O) groups excluding carboxylic acids is 1. The molecule has 26 heavy (non-hydrogen) atoms. The van der Waals surface area contributed by atoms with E-state index < -0.39 is 0 Å². The lowest BCUT2D eigenvalue weighted by Crippen LogP contribution is -2.53. The summed E-state index contributed by atoms with van der Waals surface area (Å²) in [7, 11) is 0. The summed E-state index contributed by atoms with van der Waals surface area (Å²) in [5.41, 5.74) is 12.8. The molecule has 0 aliphatic carbocycles. The number of nitrogens with two attached hydrogens (primary N) is 2. The van der Waals surface area contributed by atoms with Crippen molar-refractivity contribution in [3.05, 3.63) is 29.8 Å². The molecule has 0 aromatic heterocycles. The lowest BCUT2D eigenvalue weighted by Gasteiger charge is -2.39. The summed E-state index contributed by atoms with van der Waals surface area (Å²) in [4.78, 5) is 16.6. The van der Waals surface area contributed by atoms with E-state index >= 15 is 0 Å². The monoisotopic (exact) mass is 361 g/mol. The number of hydrogen-bond donors (Lipinski definition) is 5. The van der Waals surface area contributed by atoms with Gasteiger partial charge in [0.15, 0.2) is 5.96 Å². The third-order valence-electron chi connectivity index (χ3n) is 4.51. The fourth-order valence-electron chi connectivity index (χ4n) is 3.18. The Kier molecular flexibility index (Phi) is 7.83. The van der Waals surface area contributed by atoms with E-state index in [-0.39, 0.29) is 11.9 Å². The van der Waals surface area contributed by atoms with Crippen molar-refractivity contribution in [1.82, 2.24) is 15.1 Å². The fourth-order valence-corrected chi connectivity index (χ4v) is 3.18. The van der Waals surface area contributed by atoms with Gasteiger partial charge < -0.3 is 22.1 Å². The van der Waals surface area contributed by atoms with E-state index in [2.05, 4.69) is 33.4 Å². The van der Waals surface area contributed by atoms with Crippen molar-refractivity contribution in [1.29, 1.82) is 5.41 Å². The third kappa shape index (κ3) is 6.62. The molecule has 1 fully saturated rings. The zero-order valence-corrected chi connectivity index (χ0v) is 15.5. The van der Waals surface area contributed by atoms with Gasteiger partial charge >= 0.3 is 0 Å². The van der Waals surface area contributed by atoms with Crippen LogP contribution in [0.5, 0.6) is 0 Å². The van der Waals surface area contributed by atoms with Gasteiger partial charge in [-0.3, -0.25) is 20.0 Å². The highest BCUT2D eigenvalue weighted by atomic mass is 16.2. The molecule has 8 nitrogen and oxygen atoms in total. The fraction of sp³-hybridized carbons (Fsp3) is 0.556. The molecule has 1 unspecified atom stereocenters. The van der Waals surface area contributed by atoms with Crippen LogP contribution in [0.15, 0.2) is 24.3 Å². The first-order chi connectivity index (χ1) is 12.5. The van der Waals surface area contributed by atoms with Crippen LogP contribution < -0.4 is 22.1 Å². The number of amides is 1. The van der Waals surface area contributed by atoms with Crippen molar-refractivity contribution in [2.24, 2.45) is 11.5 Å². The second kappa shape index (κ2) is 10.1. The van der Waals surface area contributed by atoms with Gasteiger partial charge in [-0.1, -0.05) is 12.1 Å². The van der Waals surface area contributed by atoms with E-state index in [0.717, 1.165) is 38.3 Å². The first-order valence-electron chi connectivity index (χ1n) is 9.11. The summed E-state index contributed by atoms with van der Waals surface area (Å²) in [5, 5.41) is 13.1. The molecule has 8 heteroatoms. The number of anilines is 1. The maximum Gasteiger partial charge on any atom is 0.234 e. The molecule has 1 aromatic rings. The summed E-state index contributed by atoms with van der Waals surface area (Å²) in [5.74, 6) is 0.0102. The molecule has 1 aliphatic rings. The van der Waals surface area contributed by atoms with Gasteiger partial charge in [-0.15, -0.1) is 0 Å². The zero-order valence-electron chi connectivity index (χ0n) is 15.5. The number of benzene rings is 1. The topological polar surface area (TPSA) is 123 Å². The molecule has 0 spiro atoms. The molecule has 1 aliphatic heterocycles. The van der Waals surface area contributed by atoms with E-state index in [1.165, 1.54) is 5.56 Å². The highest BCUT2D eigenvalue weighted by Gasteiger charge is 2.24. The Labute approximate surface area is 155 Å². The molecule has 0 bridgehead atoms. The molecule has 1 heterocycles. The second-order valence-electron chi connectivity index (χ2n) is 6.79. The van der Waals surface area contributed by atoms with Gasteiger partial charge in [0.1, 0.15) is 0 Å². The molecule has 7 N–H and O–H groups in total. The van der Waals surface area contributed by atoms with Gasteiger partial charge in [0.2, 0.25) is 5.91 Å². The molecule has 1 amide bonds. The predicted octanol–water partition coefficient (Wildman–Crippen LogP) is -0.0369. The number of piperazine rings is 1. The minimum absolute atomic E-state index is 0.0612. The van der Waals surface area contributed by atoms with Crippen LogP contribution in [0.2, 0.25) is 0 Å². The summed E-state index contributed by atoms with van der Waals surface area (Å²) in [6.45, 7) is 7.38. The SMILES string of the molecule is CC1CN(CC(=O)NCCCN)CCN1Cc1cccc(NC(=N)N)c1. The maximum absolute atomic E-state index is 11.9. The minimum atomic E-state index is -0.0612. The smallest absolute Gasteiger partial charge is 0.234 e. The van der Waals surface area contributed by atoms with Gasteiger partial charge in [-0.2, -0.15) is 0 Å². The van der Waals surface area contributed by atoms with Crippen molar-refractivity contribution in [2.45, 2.75) is 25.9 Å². The van der Waals surface area contributed by atoms with Gasteiger partial charge in [-0.25, -0.2) is 0 Å². The highest BCUT2D eigenvalue weighted by Crippen LogP contribution is 2.16. The van der Waals surface area contributed by atoms with E-state index in [9.17, 15) is 4.79 Å². The number of hydrogen-bond acceptors (Lipinski definition) is 5. The van der Waals surface area contributed by atoms with Crippen LogP contribution in [0.3, 0.4) is 0 Å². The summed E-state index contributed by atoms with van der Waals surface area (Å²) < 4.78 is 0. The lowest BCUT2D eigenvalue weighted by molar-refractivity contribution is -0.122. The van der Waals surface area contributed by atoms with Crippen LogP contribution in [0.1, 0.15) is 18.9 Å². The number of rotatable bonds is 8. The molecule has 144 valence electrons. The average Bonchev–Trinajstić information content (AvgIpc) is 2.57. The van der Waals surface area contributed by atoms with Crippen LogP contribution in [-0.2, 0) is 11.3 Å². The number of guanidine groups is 1. The number of nitrogens with one attached hydrogen (secondary N) is 3. The molecule has 2 rings (SSSR count). The second-order valence-corrected chi connectivity index (χ2v) is 6.79. The molecule has 0 saturated carbocycles. The van der Waals surface area contributed by atoms with Crippen LogP contribution >= 0.6 is 0 Å². The molecular formula is C18H31N7O. The maximum atomic E-state index is 11.9. The summed E-state index contributed by atoms with van der Waals surface area (Å²) in [6, 6.07) is 8.33. The van der Waals surface area contributed by atoms with E-state index in [1.807, 2.05) is 18.2 Å². The van der Waals surface area contributed by atoms with E-state index in [4.69, 9.17) is 16.9 Å². The first-order valence-corrected chi connectivity index (χ1v) is 9.11. The molecule has 0 radical (unpaired) electrons. The predicted molar refractivity (Wildman–Crippen MR) is 105 cm³/mol. The van der Waals surface area contributed by atoms with Gasteiger partial charge in [-0.05, 0) is 37.6 Å². The molecule has 1 saturated heterocycles. The van der Waals surface area contributed by atoms with Crippen molar-refractivity contribution in [2.75, 3.05) is 44.6 Å². The van der Waals surface area contributed by atoms with Gasteiger partial charge in [0.25, 0.3) is 0 Å². The van der Waals surface area contributed by atoms with Crippen LogP contribution in [0.25, 0.3) is 0 Å². The average molecular weight is 361 g/mol. The van der Waals surface area contributed by atoms with E-state index in [1.54, 1.807) is 0 Å². The van der Waals surface area contributed by atoms with Crippen LogP contribution in [-0.4, -0.2) is 67.0 Å². The minimum Gasteiger partial charge on any atom is -0.370 e. The Morgan fingerprint density at radius 1 is 1.38 bits per heavy atom. The van der Waals surface area contributed by atoms with Crippen molar-refractivity contribution >= 4 is 17.6 Å². The summed E-state index contributed by atoms with van der Waals surface area (Å²) in [6.07, 6.45) is 0.813. The van der Waals surface area contributed by atoms with E-state index in [0.29, 0.717) is 25.7 Å².